The molecule has 1 aliphatic rings. The number of ether oxygens (including phenoxy) is 1. The summed E-state index contributed by atoms with van der Waals surface area (Å²) in [5.41, 5.74) is 0.265. The molecule has 0 saturated carbocycles. The van der Waals surface area contributed by atoms with E-state index < -0.39 is 0 Å². The Morgan fingerprint density at radius 1 is 1.07 bits per heavy atom. The zero-order chi connectivity index (χ0) is 20.1. The van der Waals surface area contributed by atoms with Crippen molar-refractivity contribution >= 4 is 18.5 Å². The molecule has 1 amide bonds. The van der Waals surface area contributed by atoms with E-state index in [2.05, 4.69) is 0 Å². The van der Waals surface area contributed by atoms with Gasteiger partial charge in [0, 0.05) is 19.0 Å². The van der Waals surface area contributed by atoms with Crippen molar-refractivity contribution in [1.29, 1.82) is 0 Å². The predicted octanol–water partition coefficient (Wildman–Crippen LogP) is 2.80. The highest BCUT2D eigenvalue weighted by molar-refractivity contribution is 6.03. The number of aldehydes is 2. The highest BCUT2D eigenvalue weighted by Gasteiger charge is 2.31. The summed E-state index contributed by atoms with van der Waals surface area (Å²) in [4.78, 5) is 37.0. The molecule has 7 nitrogen and oxygen atoms in total. The van der Waals surface area contributed by atoms with Crippen LogP contribution >= 0.6 is 0 Å². The van der Waals surface area contributed by atoms with E-state index in [-0.39, 0.29) is 46.7 Å². The quantitative estimate of drug-likeness (QED) is 0.713. The van der Waals surface area contributed by atoms with E-state index in [0.29, 0.717) is 31.3 Å². The Morgan fingerprint density at radius 2 is 1.75 bits per heavy atom. The fourth-order valence-corrected chi connectivity index (χ4v) is 3.50. The van der Waals surface area contributed by atoms with Crippen LogP contribution in [0.3, 0.4) is 0 Å². The summed E-state index contributed by atoms with van der Waals surface area (Å²) in [7, 11) is 0. The molecule has 146 valence electrons. The van der Waals surface area contributed by atoms with Crippen LogP contribution in [0, 0.1) is 0 Å². The molecule has 1 saturated heterocycles. The van der Waals surface area contributed by atoms with Crippen molar-refractivity contribution < 1.29 is 29.3 Å². The van der Waals surface area contributed by atoms with E-state index in [4.69, 9.17) is 4.74 Å². The van der Waals surface area contributed by atoms with Crippen molar-refractivity contribution in [3.63, 3.8) is 0 Å². The lowest BCUT2D eigenvalue weighted by atomic mass is 10.0. The third-order valence-electron chi connectivity index (χ3n) is 4.94. The Bertz CT molecular complexity index is 894. The van der Waals surface area contributed by atoms with Gasteiger partial charge in [-0.3, -0.25) is 14.4 Å². The number of carbonyl (C=O) groups excluding carboxylic acids is 3. The maximum absolute atomic E-state index is 12.9. The van der Waals surface area contributed by atoms with Crippen LogP contribution in [-0.2, 0) is 0 Å². The molecule has 1 fully saturated rings. The summed E-state index contributed by atoms with van der Waals surface area (Å²) < 4.78 is 5.64. The maximum atomic E-state index is 12.9. The number of aromatic hydroxyl groups is 2. The molecule has 0 bridgehead atoms. The van der Waals surface area contributed by atoms with E-state index in [9.17, 15) is 24.6 Å². The predicted molar refractivity (Wildman–Crippen MR) is 101 cm³/mol. The van der Waals surface area contributed by atoms with Crippen molar-refractivity contribution in [2.45, 2.75) is 25.3 Å². The summed E-state index contributed by atoms with van der Waals surface area (Å²) in [5.74, 6) is -0.366. The Labute approximate surface area is 162 Å². The number of phenols is 2. The van der Waals surface area contributed by atoms with Gasteiger partial charge in [0.15, 0.2) is 12.6 Å². The molecule has 7 heteroatoms. The largest absolute Gasteiger partial charge is 0.507 e. The molecule has 0 spiro atoms. The smallest absolute Gasteiger partial charge is 0.254 e. The molecule has 0 aromatic heterocycles. The van der Waals surface area contributed by atoms with Crippen molar-refractivity contribution in [3.8, 4) is 17.2 Å². The van der Waals surface area contributed by atoms with Crippen LogP contribution in [-0.4, -0.2) is 52.8 Å². The monoisotopic (exact) mass is 383 g/mol. The van der Waals surface area contributed by atoms with Crippen LogP contribution in [0.4, 0.5) is 0 Å². The highest BCUT2D eigenvalue weighted by Crippen LogP contribution is 2.28. The van der Waals surface area contributed by atoms with Crippen molar-refractivity contribution in [2.24, 2.45) is 0 Å². The van der Waals surface area contributed by atoms with Gasteiger partial charge in [-0.05, 0) is 37.1 Å². The van der Waals surface area contributed by atoms with Crippen molar-refractivity contribution in [2.75, 3.05) is 13.2 Å². The first-order valence-corrected chi connectivity index (χ1v) is 9.05. The Hall–Kier alpha value is -3.35. The number of hydrogen-bond acceptors (Lipinski definition) is 6. The van der Waals surface area contributed by atoms with Gasteiger partial charge in [0.2, 0.25) is 0 Å². The standard InChI is InChI=1S/C21H21NO6/c23-12-16-15(5-1-6-18(16)25)21(27)22-10-3-4-14(22)9-11-28-20-8-2-7-19(26)17(20)13-24/h1-2,5-8,12-14,25-26H,3-4,9-11H2/t14-/m0/s1. The second-order valence-electron chi connectivity index (χ2n) is 6.59. The first-order chi connectivity index (χ1) is 13.6. The SMILES string of the molecule is O=Cc1c(O)cccc1OCC[C@@H]1CCCN1C(=O)c1cccc(O)c1C=O. The van der Waals surface area contributed by atoms with E-state index in [1.54, 1.807) is 17.0 Å². The number of rotatable bonds is 7. The third kappa shape index (κ3) is 3.83. The molecule has 2 aromatic carbocycles. The average molecular weight is 383 g/mol. The van der Waals surface area contributed by atoms with Crippen LogP contribution in [0.1, 0.15) is 50.3 Å². The Morgan fingerprint density at radius 3 is 2.46 bits per heavy atom. The van der Waals surface area contributed by atoms with Gasteiger partial charge in [-0.25, -0.2) is 0 Å². The minimum atomic E-state index is -0.300. The second kappa shape index (κ2) is 8.56. The van der Waals surface area contributed by atoms with Gasteiger partial charge in [-0.1, -0.05) is 12.1 Å². The third-order valence-corrected chi connectivity index (χ3v) is 4.94. The minimum absolute atomic E-state index is 0.00946. The molecule has 0 aliphatic carbocycles. The molecule has 1 atom stereocenters. The first kappa shape index (κ1) is 19.4. The van der Waals surface area contributed by atoms with Crippen LogP contribution in [0.15, 0.2) is 36.4 Å². The van der Waals surface area contributed by atoms with Crippen LogP contribution in [0.2, 0.25) is 0 Å². The Balaban J connectivity index is 1.68. The van der Waals surface area contributed by atoms with Crippen LogP contribution in [0.25, 0.3) is 0 Å². The molecule has 0 unspecified atom stereocenters. The average Bonchev–Trinajstić information content (AvgIpc) is 3.16. The number of nitrogens with zero attached hydrogens (tertiary/aromatic N) is 1. The first-order valence-electron chi connectivity index (χ1n) is 9.05. The van der Waals surface area contributed by atoms with E-state index in [0.717, 1.165) is 12.8 Å². The molecule has 0 radical (unpaired) electrons. The van der Waals surface area contributed by atoms with E-state index >= 15 is 0 Å². The number of phenolic OH excluding ortho intramolecular Hbond substituents is 2. The van der Waals surface area contributed by atoms with Gasteiger partial charge in [0.25, 0.3) is 5.91 Å². The fourth-order valence-electron chi connectivity index (χ4n) is 3.50. The maximum Gasteiger partial charge on any atom is 0.254 e. The van der Waals surface area contributed by atoms with Crippen molar-refractivity contribution in [1.82, 2.24) is 4.90 Å². The summed E-state index contributed by atoms with van der Waals surface area (Å²) in [6, 6.07) is 8.96. The lowest BCUT2D eigenvalue weighted by molar-refractivity contribution is 0.0716. The number of hydrogen-bond donors (Lipinski definition) is 2. The molecular weight excluding hydrogens is 362 g/mol. The van der Waals surface area contributed by atoms with Gasteiger partial charge in [0.05, 0.1) is 23.3 Å². The van der Waals surface area contributed by atoms with E-state index in [1.165, 1.54) is 24.3 Å². The molecule has 1 aliphatic heterocycles. The normalized spacial score (nSPS) is 16.0. The van der Waals surface area contributed by atoms with Gasteiger partial charge >= 0.3 is 0 Å². The summed E-state index contributed by atoms with van der Waals surface area (Å²) in [6.45, 7) is 0.822. The summed E-state index contributed by atoms with van der Waals surface area (Å²) >= 11 is 0. The summed E-state index contributed by atoms with van der Waals surface area (Å²) in [5, 5.41) is 19.5. The second-order valence-corrected chi connectivity index (χ2v) is 6.59. The molecule has 2 N–H and O–H groups in total. The number of amides is 1. The van der Waals surface area contributed by atoms with Crippen LogP contribution < -0.4 is 4.74 Å². The number of carbonyl (C=O) groups is 3. The van der Waals surface area contributed by atoms with Gasteiger partial charge in [-0.2, -0.15) is 0 Å². The zero-order valence-electron chi connectivity index (χ0n) is 15.2. The molecule has 28 heavy (non-hydrogen) atoms. The lowest BCUT2D eigenvalue weighted by Gasteiger charge is -2.25. The summed E-state index contributed by atoms with van der Waals surface area (Å²) in [6.07, 6.45) is 3.19. The molecular formula is C21H21NO6. The lowest BCUT2D eigenvalue weighted by Crippen LogP contribution is -2.37. The van der Waals surface area contributed by atoms with Crippen LogP contribution in [0.5, 0.6) is 17.2 Å². The molecule has 1 heterocycles. The van der Waals surface area contributed by atoms with Gasteiger partial charge in [0.1, 0.15) is 17.2 Å². The fraction of sp³-hybridized carbons (Fsp3) is 0.286. The molecule has 3 rings (SSSR count). The number of benzene rings is 2. The van der Waals surface area contributed by atoms with Crippen molar-refractivity contribution in [3.05, 3.63) is 53.1 Å². The zero-order valence-corrected chi connectivity index (χ0v) is 15.2. The topological polar surface area (TPSA) is 104 Å². The molecule has 2 aromatic rings. The Kier molecular flexibility index (Phi) is 5.93. The highest BCUT2D eigenvalue weighted by atomic mass is 16.5. The van der Waals surface area contributed by atoms with Gasteiger partial charge < -0.3 is 19.8 Å². The van der Waals surface area contributed by atoms with E-state index in [1.807, 2.05) is 0 Å². The minimum Gasteiger partial charge on any atom is -0.507 e. The number of likely N-dealkylation sites (tertiary alicyclic amines) is 1. The van der Waals surface area contributed by atoms with Gasteiger partial charge in [-0.15, -0.1) is 0 Å².